The lowest BCUT2D eigenvalue weighted by atomic mass is 9.99. The minimum absolute atomic E-state index is 0.414. The molecule has 0 aromatic heterocycles. The van der Waals surface area contributed by atoms with E-state index >= 15 is 0 Å². The molecule has 0 bridgehead atoms. The zero-order valence-electron chi connectivity index (χ0n) is 12.2. The molecular weight excluding hydrogens is 260 g/mol. The Morgan fingerprint density at radius 3 is 2.52 bits per heavy atom. The second-order valence-electron chi connectivity index (χ2n) is 5.77. The van der Waals surface area contributed by atoms with Gasteiger partial charge in [0.25, 0.3) is 0 Å². The Labute approximate surface area is 126 Å². The fourth-order valence-electron chi connectivity index (χ4n) is 2.93. The van der Waals surface area contributed by atoms with E-state index in [9.17, 15) is 5.11 Å². The van der Waals surface area contributed by atoms with E-state index in [-0.39, 0.29) is 0 Å². The fourth-order valence-corrected chi connectivity index (χ4v) is 2.93. The van der Waals surface area contributed by atoms with Crippen molar-refractivity contribution in [2.75, 3.05) is 18.8 Å². The summed E-state index contributed by atoms with van der Waals surface area (Å²) in [5.41, 5.74) is 10.2. The molecule has 0 fully saturated rings. The normalized spacial score (nSPS) is 16.4. The molecule has 1 atom stereocenters. The number of fused-ring (bicyclic) bond motifs is 1. The van der Waals surface area contributed by atoms with Crippen LogP contribution in [-0.2, 0) is 13.0 Å². The molecule has 1 heterocycles. The monoisotopic (exact) mass is 282 g/mol. The molecule has 0 saturated heterocycles. The van der Waals surface area contributed by atoms with Crippen molar-refractivity contribution < 1.29 is 5.11 Å². The number of hydrogen-bond acceptors (Lipinski definition) is 3. The second-order valence-corrected chi connectivity index (χ2v) is 5.77. The molecular formula is C18H22N2O. The summed E-state index contributed by atoms with van der Waals surface area (Å²) >= 11 is 0. The van der Waals surface area contributed by atoms with E-state index in [2.05, 4.69) is 29.2 Å². The van der Waals surface area contributed by atoms with Crippen LogP contribution in [0, 0.1) is 0 Å². The first-order chi connectivity index (χ1) is 10.2. The zero-order valence-corrected chi connectivity index (χ0v) is 12.2. The molecule has 2 aromatic carbocycles. The van der Waals surface area contributed by atoms with E-state index in [1.165, 1.54) is 11.1 Å². The van der Waals surface area contributed by atoms with Gasteiger partial charge in [-0.2, -0.15) is 0 Å². The highest BCUT2D eigenvalue weighted by atomic mass is 16.3. The Kier molecular flexibility index (Phi) is 4.23. The molecule has 1 aliphatic rings. The maximum atomic E-state index is 10.3. The molecule has 3 heteroatoms. The van der Waals surface area contributed by atoms with Crippen LogP contribution in [0.1, 0.15) is 29.2 Å². The summed E-state index contributed by atoms with van der Waals surface area (Å²) in [6.07, 6.45) is 1.45. The van der Waals surface area contributed by atoms with Gasteiger partial charge in [-0.05, 0) is 41.7 Å². The lowest BCUT2D eigenvalue weighted by Crippen LogP contribution is -2.32. The fraction of sp³-hybridized carbons (Fsp3) is 0.333. The van der Waals surface area contributed by atoms with Crippen molar-refractivity contribution in [2.24, 2.45) is 0 Å². The van der Waals surface area contributed by atoms with Crippen LogP contribution < -0.4 is 5.73 Å². The van der Waals surface area contributed by atoms with E-state index in [1.807, 2.05) is 24.3 Å². The molecule has 21 heavy (non-hydrogen) atoms. The number of nitrogens with two attached hydrogens (primary N) is 1. The van der Waals surface area contributed by atoms with Gasteiger partial charge in [-0.3, -0.25) is 4.90 Å². The second kappa shape index (κ2) is 6.29. The predicted molar refractivity (Wildman–Crippen MR) is 85.9 cm³/mol. The quantitative estimate of drug-likeness (QED) is 0.848. The van der Waals surface area contributed by atoms with Crippen LogP contribution in [0.4, 0.5) is 5.69 Å². The Morgan fingerprint density at radius 2 is 1.76 bits per heavy atom. The number of rotatable bonds is 4. The number of anilines is 1. The van der Waals surface area contributed by atoms with Crippen LogP contribution in [0.2, 0.25) is 0 Å². The molecule has 3 N–H and O–H groups in total. The van der Waals surface area contributed by atoms with Crippen molar-refractivity contribution in [1.82, 2.24) is 4.90 Å². The number of benzene rings is 2. The van der Waals surface area contributed by atoms with E-state index < -0.39 is 6.10 Å². The van der Waals surface area contributed by atoms with Gasteiger partial charge in [0.1, 0.15) is 0 Å². The van der Waals surface area contributed by atoms with Crippen molar-refractivity contribution in [2.45, 2.75) is 25.5 Å². The van der Waals surface area contributed by atoms with Crippen LogP contribution >= 0.6 is 0 Å². The van der Waals surface area contributed by atoms with Crippen LogP contribution in [0.3, 0.4) is 0 Å². The van der Waals surface area contributed by atoms with Crippen molar-refractivity contribution in [3.8, 4) is 0 Å². The first kappa shape index (κ1) is 14.1. The van der Waals surface area contributed by atoms with Gasteiger partial charge in [0.2, 0.25) is 0 Å². The lowest BCUT2D eigenvalue weighted by molar-refractivity contribution is 0.137. The molecule has 1 unspecified atom stereocenters. The average molecular weight is 282 g/mol. The largest absolute Gasteiger partial charge is 0.399 e. The van der Waals surface area contributed by atoms with Gasteiger partial charge < -0.3 is 10.8 Å². The molecule has 1 aliphatic heterocycles. The first-order valence-corrected chi connectivity index (χ1v) is 7.55. The van der Waals surface area contributed by atoms with Gasteiger partial charge in [-0.1, -0.05) is 36.4 Å². The topological polar surface area (TPSA) is 49.5 Å². The third kappa shape index (κ3) is 3.43. The molecule has 0 amide bonds. The molecule has 0 spiro atoms. The van der Waals surface area contributed by atoms with Gasteiger partial charge in [-0.15, -0.1) is 0 Å². The maximum absolute atomic E-state index is 10.3. The number of nitrogen functional groups attached to an aromatic ring is 1. The van der Waals surface area contributed by atoms with Crippen molar-refractivity contribution in [1.29, 1.82) is 0 Å². The molecule has 0 radical (unpaired) electrons. The molecule has 3 rings (SSSR count). The third-order valence-electron chi connectivity index (χ3n) is 4.25. The zero-order chi connectivity index (χ0) is 14.7. The molecule has 2 aromatic rings. The standard InChI is InChI=1S/C18H22N2O/c19-17-7-5-15(6-8-17)18(21)10-12-20-11-9-14-3-1-2-4-16(14)13-20/h1-8,18,21H,9-13,19H2. The lowest BCUT2D eigenvalue weighted by Gasteiger charge is -2.29. The number of aliphatic hydroxyl groups is 1. The van der Waals surface area contributed by atoms with E-state index in [1.54, 1.807) is 0 Å². The minimum atomic E-state index is -0.414. The Bertz CT molecular complexity index is 594. The van der Waals surface area contributed by atoms with Gasteiger partial charge in [0.15, 0.2) is 0 Å². The van der Waals surface area contributed by atoms with Gasteiger partial charge in [-0.25, -0.2) is 0 Å². The van der Waals surface area contributed by atoms with E-state index in [0.29, 0.717) is 0 Å². The number of nitrogens with zero attached hydrogens (tertiary/aromatic N) is 1. The summed E-state index contributed by atoms with van der Waals surface area (Å²) in [7, 11) is 0. The Balaban J connectivity index is 1.55. The van der Waals surface area contributed by atoms with E-state index in [0.717, 1.165) is 43.7 Å². The van der Waals surface area contributed by atoms with Crippen LogP contribution in [-0.4, -0.2) is 23.1 Å². The smallest absolute Gasteiger partial charge is 0.0802 e. The Morgan fingerprint density at radius 1 is 1.05 bits per heavy atom. The molecule has 0 saturated carbocycles. The third-order valence-corrected chi connectivity index (χ3v) is 4.25. The van der Waals surface area contributed by atoms with Crippen molar-refractivity contribution >= 4 is 5.69 Å². The highest BCUT2D eigenvalue weighted by molar-refractivity contribution is 5.39. The highest BCUT2D eigenvalue weighted by Gasteiger charge is 2.17. The average Bonchev–Trinajstić information content (AvgIpc) is 2.53. The first-order valence-electron chi connectivity index (χ1n) is 7.55. The molecule has 110 valence electrons. The summed E-state index contributed by atoms with van der Waals surface area (Å²) < 4.78 is 0. The summed E-state index contributed by atoms with van der Waals surface area (Å²) in [6.45, 7) is 2.98. The summed E-state index contributed by atoms with van der Waals surface area (Å²) in [5, 5.41) is 10.3. The van der Waals surface area contributed by atoms with Crippen molar-refractivity contribution in [3.63, 3.8) is 0 Å². The summed E-state index contributed by atoms with van der Waals surface area (Å²) in [4.78, 5) is 2.42. The molecule has 0 aliphatic carbocycles. The maximum Gasteiger partial charge on any atom is 0.0802 e. The summed E-state index contributed by atoms with van der Waals surface area (Å²) in [5.74, 6) is 0. The number of aliphatic hydroxyl groups excluding tert-OH is 1. The Hall–Kier alpha value is -1.84. The summed E-state index contributed by atoms with van der Waals surface area (Å²) in [6, 6.07) is 16.1. The SMILES string of the molecule is Nc1ccc(C(O)CCN2CCc3ccccc3C2)cc1. The van der Waals surface area contributed by atoms with E-state index in [4.69, 9.17) is 5.73 Å². The van der Waals surface area contributed by atoms with Crippen LogP contribution in [0.15, 0.2) is 48.5 Å². The van der Waals surface area contributed by atoms with Crippen LogP contribution in [0.5, 0.6) is 0 Å². The minimum Gasteiger partial charge on any atom is -0.399 e. The molecule has 3 nitrogen and oxygen atoms in total. The van der Waals surface area contributed by atoms with Crippen molar-refractivity contribution in [3.05, 3.63) is 65.2 Å². The van der Waals surface area contributed by atoms with Gasteiger partial charge >= 0.3 is 0 Å². The van der Waals surface area contributed by atoms with Gasteiger partial charge in [0, 0.05) is 25.3 Å². The number of hydrogen-bond donors (Lipinski definition) is 2. The van der Waals surface area contributed by atoms with Crippen LogP contribution in [0.25, 0.3) is 0 Å². The predicted octanol–water partition coefficient (Wildman–Crippen LogP) is 2.75. The van der Waals surface area contributed by atoms with Gasteiger partial charge in [0.05, 0.1) is 6.10 Å². The highest BCUT2D eigenvalue weighted by Crippen LogP contribution is 2.22.